The summed E-state index contributed by atoms with van der Waals surface area (Å²) in [5, 5.41) is 6.35. The van der Waals surface area contributed by atoms with Gasteiger partial charge in [0.25, 0.3) is 0 Å². The highest BCUT2D eigenvalue weighted by atomic mass is 16.3. The Labute approximate surface area is 237 Å². The van der Waals surface area contributed by atoms with Crippen molar-refractivity contribution < 1.29 is 13.3 Å². The van der Waals surface area contributed by atoms with Gasteiger partial charge in [-0.15, -0.1) is 0 Å². The van der Waals surface area contributed by atoms with Crippen molar-refractivity contribution in [2.45, 2.75) is 0 Å². The second kappa shape index (κ2) is 7.89. The van der Waals surface area contributed by atoms with E-state index in [1.165, 1.54) is 0 Å². The zero-order valence-electron chi connectivity index (χ0n) is 22.2. The number of pyridine rings is 1. The quantitative estimate of drug-likeness (QED) is 0.219. The Morgan fingerprint density at radius 1 is 0.500 bits per heavy atom. The van der Waals surface area contributed by atoms with Crippen LogP contribution in [-0.2, 0) is 0 Å². The number of imidazole rings is 1. The van der Waals surface area contributed by atoms with Crippen LogP contribution in [0.2, 0.25) is 0 Å². The number of aromatic nitrogens is 2. The average Bonchev–Trinajstić information content (AvgIpc) is 3.80. The molecule has 5 nitrogen and oxygen atoms in total. The second-order valence-corrected chi connectivity index (χ2v) is 10.8. The molecule has 5 aromatic heterocycles. The van der Waals surface area contributed by atoms with Gasteiger partial charge in [-0.3, -0.25) is 0 Å². The molecule has 196 valence electrons. The molecule has 0 spiro atoms. The molecule has 5 heteroatoms. The van der Waals surface area contributed by atoms with E-state index in [0.717, 1.165) is 93.8 Å². The third-order valence-corrected chi connectivity index (χ3v) is 8.43. The Bertz CT molecular complexity index is 2670. The lowest BCUT2D eigenvalue weighted by atomic mass is 9.98. The Morgan fingerprint density at radius 2 is 1.17 bits per heavy atom. The summed E-state index contributed by atoms with van der Waals surface area (Å²) < 4.78 is 21.4. The van der Waals surface area contributed by atoms with Crippen LogP contribution in [0.15, 0.2) is 135 Å². The number of furan rings is 3. The molecule has 0 unspecified atom stereocenters. The predicted molar refractivity (Wildman–Crippen MR) is 168 cm³/mol. The van der Waals surface area contributed by atoms with E-state index in [1.54, 1.807) is 0 Å². The molecule has 0 bridgehead atoms. The molecule has 10 rings (SSSR count). The highest BCUT2D eigenvalue weighted by Gasteiger charge is 2.21. The van der Waals surface area contributed by atoms with Crippen molar-refractivity contribution in [3.05, 3.63) is 122 Å². The minimum absolute atomic E-state index is 0.812. The summed E-state index contributed by atoms with van der Waals surface area (Å²) in [5.74, 6) is 0. The lowest BCUT2D eigenvalue weighted by Gasteiger charge is -2.04. The van der Waals surface area contributed by atoms with Crippen LogP contribution in [0.5, 0.6) is 0 Å². The lowest BCUT2D eigenvalue weighted by Crippen LogP contribution is -1.81. The molecule has 5 heterocycles. The Balaban J connectivity index is 1.20. The fraction of sp³-hybridized carbons (Fsp3) is 0. The zero-order valence-corrected chi connectivity index (χ0v) is 22.2. The Hall–Kier alpha value is -5.81. The van der Waals surface area contributed by atoms with Crippen LogP contribution in [0.1, 0.15) is 0 Å². The van der Waals surface area contributed by atoms with Crippen LogP contribution in [0.3, 0.4) is 0 Å². The first-order valence-corrected chi connectivity index (χ1v) is 13.9. The van der Waals surface area contributed by atoms with E-state index in [0.29, 0.717) is 0 Å². The van der Waals surface area contributed by atoms with Crippen LogP contribution in [0.4, 0.5) is 0 Å². The number of nitrogens with zero attached hydrogens (tertiary/aromatic N) is 2. The van der Waals surface area contributed by atoms with E-state index in [9.17, 15) is 0 Å². The fourth-order valence-corrected chi connectivity index (χ4v) is 6.46. The first-order chi connectivity index (χ1) is 20.8. The Morgan fingerprint density at radius 3 is 2.00 bits per heavy atom. The van der Waals surface area contributed by atoms with Crippen molar-refractivity contribution in [1.82, 2.24) is 9.38 Å². The molecule has 5 aromatic carbocycles. The first-order valence-electron chi connectivity index (χ1n) is 13.9. The number of hydrogen-bond donors (Lipinski definition) is 0. The normalized spacial score (nSPS) is 12.3. The Kier molecular flexibility index (Phi) is 4.12. The molecule has 0 amide bonds. The maximum absolute atomic E-state index is 6.50. The van der Waals surface area contributed by atoms with Crippen LogP contribution < -0.4 is 0 Å². The minimum atomic E-state index is 0.812. The van der Waals surface area contributed by atoms with E-state index in [4.69, 9.17) is 18.2 Å². The van der Waals surface area contributed by atoms with Crippen LogP contribution in [-0.4, -0.2) is 9.38 Å². The highest BCUT2D eigenvalue weighted by molar-refractivity contribution is 6.25. The summed E-state index contributed by atoms with van der Waals surface area (Å²) in [7, 11) is 0. The van der Waals surface area contributed by atoms with Gasteiger partial charge in [-0.2, -0.15) is 0 Å². The standard InChI is InChI=1S/C37H20N2O3/c1-3-9-30-23(7-1)28-19-27(36-35(37(28)41-30)26-8-2-4-10-31(26)42-36)21-12-14-24-25-15-13-22(18-33(25)40-32(24)17-21)29-20-39-16-6-5-11-34(39)38-29/h1-20H. The smallest absolute Gasteiger partial charge is 0.147 e. The van der Waals surface area contributed by atoms with Crippen molar-refractivity contribution in [2.24, 2.45) is 0 Å². The van der Waals surface area contributed by atoms with E-state index in [1.807, 2.05) is 65.3 Å². The molecule has 0 N–H and O–H groups in total. The number of hydrogen-bond acceptors (Lipinski definition) is 4. The monoisotopic (exact) mass is 540 g/mol. The number of benzene rings is 5. The third kappa shape index (κ3) is 2.94. The maximum atomic E-state index is 6.50. The molecule has 0 radical (unpaired) electrons. The minimum Gasteiger partial charge on any atom is -0.456 e. The summed E-state index contributed by atoms with van der Waals surface area (Å²) in [6, 6.07) is 37.3. The van der Waals surface area contributed by atoms with E-state index in [2.05, 4.69) is 60.7 Å². The zero-order chi connectivity index (χ0) is 27.4. The molecule has 0 aliphatic carbocycles. The highest BCUT2D eigenvalue weighted by Crippen LogP contribution is 2.45. The van der Waals surface area contributed by atoms with Gasteiger partial charge in [-0.1, -0.05) is 54.6 Å². The molecule has 0 fully saturated rings. The van der Waals surface area contributed by atoms with Crippen molar-refractivity contribution in [3.63, 3.8) is 0 Å². The van der Waals surface area contributed by atoms with Crippen molar-refractivity contribution in [2.75, 3.05) is 0 Å². The van der Waals surface area contributed by atoms with E-state index >= 15 is 0 Å². The molecule has 10 aromatic rings. The molecule has 0 saturated heterocycles. The van der Waals surface area contributed by atoms with Crippen LogP contribution in [0, 0.1) is 0 Å². The molecule has 0 aliphatic rings. The second-order valence-electron chi connectivity index (χ2n) is 10.8. The van der Waals surface area contributed by atoms with Gasteiger partial charge in [0.1, 0.15) is 39.1 Å². The number of para-hydroxylation sites is 2. The van der Waals surface area contributed by atoms with Crippen molar-refractivity contribution >= 4 is 71.5 Å². The fourth-order valence-electron chi connectivity index (χ4n) is 6.46. The van der Waals surface area contributed by atoms with Gasteiger partial charge in [0.15, 0.2) is 0 Å². The molecular weight excluding hydrogens is 520 g/mol. The maximum Gasteiger partial charge on any atom is 0.147 e. The van der Waals surface area contributed by atoms with Crippen molar-refractivity contribution in [1.29, 1.82) is 0 Å². The summed E-state index contributed by atoms with van der Waals surface area (Å²) in [6.45, 7) is 0. The predicted octanol–water partition coefficient (Wildman–Crippen LogP) is 10.4. The van der Waals surface area contributed by atoms with Gasteiger partial charge in [0.2, 0.25) is 0 Å². The average molecular weight is 541 g/mol. The van der Waals surface area contributed by atoms with Crippen molar-refractivity contribution in [3.8, 4) is 22.4 Å². The molecule has 0 atom stereocenters. The van der Waals surface area contributed by atoms with Gasteiger partial charge < -0.3 is 17.7 Å². The molecule has 0 saturated carbocycles. The van der Waals surface area contributed by atoms with Gasteiger partial charge in [0.05, 0.1) is 11.1 Å². The number of fused-ring (bicyclic) bond motifs is 11. The molecular formula is C37H20N2O3. The summed E-state index contributed by atoms with van der Waals surface area (Å²) in [6.07, 6.45) is 4.06. The van der Waals surface area contributed by atoms with Crippen LogP contribution in [0.25, 0.3) is 93.8 Å². The third-order valence-electron chi connectivity index (χ3n) is 8.43. The van der Waals surface area contributed by atoms with Gasteiger partial charge in [-0.25, -0.2) is 4.98 Å². The van der Waals surface area contributed by atoms with E-state index in [-0.39, 0.29) is 0 Å². The summed E-state index contributed by atoms with van der Waals surface area (Å²) in [4.78, 5) is 4.79. The van der Waals surface area contributed by atoms with Crippen LogP contribution >= 0.6 is 0 Å². The lowest BCUT2D eigenvalue weighted by molar-refractivity contribution is 0.663. The van der Waals surface area contributed by atoms with Gasteiger partial charge in [-0.05, 0) is 60.2 Å². The summed E-state index contributed by atoms with van der Waals surface area (Å²) >= 11 is 0. The largest absolute Gasteiger partial charge is 0.456 e. The molecule has 0 aliphatic heterocycles. The van der Waals surface area contributed by atoms with Gasteiger partial charge in [0, 0.05) is 50.5 Å². The summed E-state index contributed by atoms with van der Waals surface area (Å²) in [5.41, 5.74) is 9.92. The van der Waals surface area contributed by atoms with E-state index < -0.39 is 0 Å². The van der Waals surface area contributed by atoms with Gasteiger partial charge >= 0.3 is 0 Å². The SMILES string of the molecule is c1ccc2c(c1)oc1c2cc(-c2ccc3c(c2)oc2cc(-c4cn5ccccc5n4)ccc23)c2oc3ccccc3c21. The number of rotatable bonds is 2. The first kappa shape index (κ1) is 21.9. The topological polar surface area (TPSA) is 56.7 Å². The molecule has 42 heavy (non-hydrogen) atoms.